The Kier molecular flexibility index (Phi) is 26.8. The van der Waals surface area contributed by atoms with Gasteiger partial charge in [-0.25, -0.2) is 0 Å². The maximum absolute atomic E-state index is 13.0. The molecule has 106 heavy (non-hydrogen) atoms. The second-order valence-electron chi connectivity index (χ2n) is 30.8. The molecule has 568 valence electrons. The van der Waals surface area contributed by atoms with E-state index >= 15 is 0 Å². The van der Waals surface area contributed by atoms with Crippen molar-refractivity contribution in [3.63, 3.8) is 0 Å². The van der Waals surface area contributed by atoms with Crippen molar-refractivity contribution in [2.75, 3.05) is 45.9 Å². The van der Waals surface area contributed by atoms with Gasteiger partial charge in [0.25, 0.3) is 29.5 Å². The molecule has 25 heteroatoms. The van der Waals surface area contributed by atoms with Gasteiger partial charge in [-0.1, -0.05) is 101 Å². The number of piperidine rings is 2. The fourth-order valence-electron chi connectivity index (χ4n) is 15.1. The minimum atomic E-state index is -0.213. The van der Waals surface area contributed by atoms with E-state index in [-0.39, 0.29) is 83.9 Å². The van der Waals surface area contributed by atoms with Crippen molar-refractivity contribution in [1.29, 1.82) is 0 Å². The SMILES string of the molecule is C#CCOCc1cccc(C(NC(=O)c2cc(C3CC3)on2)C2CCCCC2)c1.CC(NC(=O)c1cc(C2CC2)on1)C1CCCN(C(=O)CCN)C1.CC(NC(=O)c1cc(C2CC2)on1)C1CCCN(C(=O)CN)C1.O=C(NC1CC1)c1cccc(C(NC(=O)c2cc(C3CC3)on2)C2CCCCC2)c1. The summed E-state index contributed by atoms with van der Waals surface area (Å²) in [7, 11) is 0. The Hall–Kier alpha value is -8.99. The second kappa shape index (κ2) is 37.0. The van der Waals surface area contributed by atoms with Gasteiger partial charge in [0.15, 0.2) is 22.8 Å². The molecule has 7 aliphatic carbocycles. The number of nitrogens with zero attached hydrogens (tertiary/aromatic N) is 6. The normalized spacial score (nSPS) is 20.7. The van der Waals surface area contributed by atoms with Gasteiger partial charge in [-0.3, -0.25) is 33.6 Å². The number of likely N-dealkylation sites (tertiary alicyclic amines) is 2. The highest BCUT2D eigenvalue weighted by atomic mass is 16.5. The molecule has 0 radical (unpaired) electrons. The second-order valence-corrected chi connectivity index (χ2v) is 30.8. The van der Waals surface area contributed by atoms with Gasteiger partial charge in [-0.2, -0.15) is 0 Å². The molecule has 25 nitrogen and oxygen atoms in total. The Morgan fingerprint density at radius 3 is 1.30 bits per heavy atom. The Morgan fingerprint density at radius 1 is 0.491 bits per heavy atom. The van der Waals surface area contributed by atoms with E-state index in [1.54, 1.807) is 29.2 Å². The first kappa shape index (κ1) is 76.7. The van der Waals surface area contributed by atoms with Gasteiger partial charge in [-0.15, -0.1) is 6.42 Å². The summed E-state index contributed by atoms with van der Waals surface area (Å²) in [4.78, 5) is 90.5. The molecule has 6 heterocycles. The number of amides is 7. The maximum atomic E-state index is 13.0. The third kappa shape index (κ3) is 21.9. The first-order valence-corrected chi connectivity index (χ1v) is 39.1. The van der Waals surface area contributed by atoms with Crippen molar-refractivity contribution in [3.05, 3.63) is 141 Å². The van der Waals surface area contributed by atoms with Gasteiger partial charge in [0.05, 0.1) is 25.2 Å². The number of hydrogen-bond acceptors (Lipinski definition) is 18. The summed E-state index contributed by atoms with van der Waals surface area (Å²) < 4.78 is 26.7. The average molecular weight is 1450 g/mol. The van der Waals surface area contributed by atoms with E-state index in [4.69, 9.17) is 40.7 Å². The Labute approximate surface area is 621 Å². The lowest BCUT2D eigenvalue weighted by Crippen LogP contribution is -2.49. The van der Waals surface area contributed by atoms with E-state index in [2.05, 4.69) is 65.3 Å². The number of rotatable bonds is 26. The number of terminal acetylenes is 1. The highest BCUT2D eigenvalue weighted by Crippen LogP contribution is 2.44. The van der Waals surface area contributed by atoms with Crippen LogP contribution in [0.2, 0.25) is 0 Å². The van der Waals surface area contributed by atoms with Gasteiger partial charge in [0.2, 0.25) is 11.8 Å². The summed E-state index contributed by atoms with van der Waals surface area (Å²) in [6, 6.07) is 23.1. The molecule has 7 amide bonds. The highest BCUT2D eigenvalue weighted by Gasteiger charge is 2.37. The number of carbonyl (C=O) groups excluding carboxylic acids is 7. The van der Waals surface area contributed by atoms with Crippen LogP contribution in [0.25, 0.3) is 0 Å². The lowest BCUT2D eigenvalue weighted by atomic mass is 9.80. The number of ether oxygens (including phenoxy) is 1. The number of nitrogens with two attached hydrogens (primary N) is 2. The van der Waals surface area contributed by atoms with Crippen molar-refractivity contribution >= 4 is 41.4 Å². The molecule has 2 aromatic carbocycles. The van der Waals surface area contributed by atoms with E-state index in [1.165, 1.54) is 38.5 Å². The van der Waals surface area contributed by atoms with Crippen LogP contribution in [0.15, 0.2) is 90.9 Å². The molecule has 0 bridgehead atoms. The summed E-state index contributed by atoms with van der Waals surface area (Å²) in [6.07, 6.45) is 32.2. The lowest BCUT2D eigenvalue weighted by molar-refractivity contribution is -0.133. The van der Waals surface area contributed by atoms with Crippen LogP contribution in [-0.2, 0) is 20.9 Å². The minimum absolute atomic E-state index is 0.0212. The summed E-state index contributed by atoms with van der Waals surface area (Å²) in [5.74, 6) is 8.03. The predicted octanol–water partition coefficient (Wildman–Crippen LogP) is 11.4. The van der Waals surface area contributed by atoms with Crippen molar-refractivity contribution < 1.29 is 56.4 Å². The zero-order valence-electron chi connectivity index (χ0n) is 61.6. The van der Waals surface area contributed by atoms with Crippen LogP contribution in [0, 0.1) is 36.0 Å². The molecular weight excluding hydrogens is 1350 g/mol. The van der Waals surface area contributed by atoms with Crippen LogP contribution in [-0.4, -0.2) is 136 Å². The van der Waals surface area contributed by atoms with Crippen LogP contribution in [0.3, 0.4) is 0 Å². The van der Waals surface area contributed by atoms with Gasteiger partial charge >= 0.3 is 0 Å². The molecule has 4 aromatic heterocycles. The number of nitrogens with one attached hydrogen (secondary N) is 5. The maximum Gasteiger partial charge on any atom is 0.273 e. The highest BCUT2D eigenvalue weighted by molar-refractivity contribution is 5.96. The monoisotopic (exact) mass is 1450 g/mol. The van der Waals surface area contributed by atoms with E-state index < -0.39 is 0 Å². The van der Waals surface area contributed by atoms with Gasteiger partial charge < -0.3 is 70.7 Å². The fraction of sp³-hybridized carbons (Fsp3) is 0.593. The van der Waals surface area contributed by atoms with Crippen molar-refractivity contribution in [2.45, 2.75) is 235 Å². The van der Waals surface area contributed by atoms with Crippen molar-refractivity contribution in [1.82, 2.24) is 57.0 Å². The van der Waals surface area contributed by atoms with Gasteiger partial charge in [-0.05, 0) is 182 Å². The molecule has 7 saturated carbocycles. The topological polar surface area (TPSA) is 352 Å². The molecule has 9 aliphatic rings. The third-order valence-electron chi connectivity index (χ3n) is 22.2. The van der Waals surface area contributed by atoms with Crippen LogP contribution in [0.4, 0.5) is 0 Å². The van der Waals surface area contributed by atoms with E-state index in [0.717, 1.165) is 168 Å². The van der Waals surface area contributed by atoms with Gasteiger partial charge in [0, 0.05) is 111 Å². The fourth-order valence-corrected chi connectivity index (χ4v) is 15.1. The largest absolute Gasteiger partial charge is 0.364 e. The zero-order valence-corrected chi connectivity index (χ0v) is 61.6. The molecule has 0 spiro atoms. The van der Waals surface area contributed by atoms with E-state index in [9.17, 15) is 33.6 Å². The molecule has 9 N–H and O–H groups in total. The first-order chi connectivity index (χ1) is 51.6. The van der Waals surface area contributed by atoms with Crippen LogP contribution in [0.5, 0.6) is 0 Å². The van der Waals surface area contributed by atoms with E-state index in [0.29, 0.717) is 109 Å². The minimum Gasteiger partial charge on any atom is -0.364 e. The van der Waals surface area contributed by atoms with Crippen molar-refractivity contribution in [3.8, 4) is 12.3 Å². The number of hydrogen-bond donors (Lipinski definition) is 7. The number of carbonyl (C=O) groups is 7. The molecule has 2 aliphatic heterocycles. The molecule has 6 aromatic rings. The number of aromatic nitrogens is 4. The van der Waals surface area contributed by atoms with E-state index in [1.807, 2.05) is 55.1 Å². The third-order valence-corrected chi connectivity index (χ3v) is 22.2. The molecule has 2 saturated heterocycles. The van der Waals surface area contributed by atoms with Crippen LogP contribution in [0.1, 0.15) is 302 Å². The quantitative estimate of drug-likeness (QED) is 0.0196. The van der Waals surface area contributed by atoms with Gasteiger partial charge in [0.1, 0.15) is 29.6 Å². The van der Waals surface area contributed by atoms with Crippen molar-refractivity contribution in [2.24, 2.45) is 35.1 Å². The lowest BCUT2D eigenvalue weighted by Gasteiger charge is -2.36. The average Bonchev–Trinajstić information content (AvgIpc) is 1.74. The molecule has 6 atom stereocenters. The van der Waals surface area contributed by atoms with Crippen LogP contribution < -0.4 is 38.1 Å². The standard InChI is InChI=1S/C24H29N3O3.C24H28N2O3.C17H26N4O3.C16H24N4O3/c28-23(25-19-11-12-19)18-8-4-7-17(13-18)22(16-5-2-1-3-6-16)26-24(29)20-14-21(30-27-20)15-9-10-15;1-2-13-28-16-17-7-6-10-20(14-17)23(19-8-4-3-5-9-19)25-24(27)21-15-22(29-26-21)18-11-12-18;1-11(13-3-2-8-21(10-13)16(22)6-7-18)19-17(23)14-9-15(24-20-14)12-4-5-12;1-10(12-3-2-6-20(9-12)15(21)8-17)18-16(22)13-7-14(23-19-13)11-4-5-11/h4,7-8,13-16,19,22H,1-3,5-6,9-12H2,(H,25,28)(H,26,29);1,6-7,10,14-15,18-19,23H,3-5,8-9,11-13,16H2,(H,25,27);9,11-13H,2-8,10,18H2,1H3,(H,19,23);7,10-12H,2-6,8-9,17H2,1H3,(H,18,22). The smallest absolute Gasteiger partial charge is 0.273 e. The Balaban J connectivity index is 0.000000133. The molecule has 6 unspecified atom stereocenters. The number of benzene rings is 2. The summed E-state index contributed by atoms with van der Waals surface area (Å²) in [6.45, 7) is 7.99. The summed E-state index contributed by atoms with van der Waals surface area (Å²) >= 11 is 0. The first-order valence-electron chi connectivity index (χ1n) is 39.1. The molecular formula is C81H107N13O12. The summed E-state index contributed by atoms with van der Waals surface area (Å²) in [5, 5.41) is 31.3. The Bertz CT molecular complexity index is 3970. The zero-order chi connectivity index (χ0) is 74.1. The molecule has 15 rings (SSSR count). The summed E-state index contributed by atoms with van der Waals surface area (Å²) in [5.41, 5.74) is 16.1. The predicted molar refractivity (Wildman–Crippen MR) is 395 cm³/mol. The van der Waals surface area contributed by atoms with Crippen LogP contribution >= 0.6 is 0 Å². The molecule has 9 fully saturated rings. The Morgan fingerprint density at radius 2 is 0.896 bits per heavy atom.